The van der Waals surface area contributed by atoms with Gasteiger partial charge in [0.2, 0.25) is 0 Å². The fourth-order valence-electron chi connectivity index (χ4n) is 5.67. The van der Waals surface area contributed by atoms with Crippen LogP contribution in [0.25, 0.3) is 5.57 Å². The fraction of sp³-hybridized carbons (Fsp3) is 0.526. The minimum absolute atomic E-state index is 0.179. The van der Waals surface area contributed by atoms with Crippen LogP contribution in [0.2, 0.25) is 0 Å². The van der Waals surface area contributed by atoms with Crippen LogP contribution < -0.4 is 4.74 Å². The van der Waals surface area contributed by atoms with E-state index >= 15 is 0 Å². The molecule has 1 aliphatic carbocycles. The number of nitrogens with zero attached hydrogens (tertiary/aromatic N) is 1. The maximum atomic E-state index is 11.4. The highest BCUT2D eigenvalue weighted by atomic mass is 16.5. The van der Waals surface area contributed by atoms with E-state index < -0.39 is 6.04 Å². The molecular weight excluding hydrogens is 518 g/mol. The second kappa shape index (κ2) is 17.7. The molecule has 2 atom stereocenters. The molecule has 4 nitrogen and oxygen atoms in total. The molecule has 0 spiro atoms. The van der Waals surface area contributed by atoms with Crippen molar-refractivity contribution in [2.24, 2.45) is 22.9 Å². The van der Waals surface area contributed by atoms with Crippen molar-refractivity contribution in [3.05, 3.63) is 101 Å². The monoisotopic (exact) mass is 571 g/mol. The van der Waals surface area contributed by atoms with Crippen molar-refractivity contribution in [2.75, 3.05) is 13.2 Å². The van der Waals surface area contributed by atoms with Crippen LogP contribution in [0.4, 0.5) is 0 Å². The van der Waals surface area contributed by atoms with Gasteiger partial charge < -0.3 is 9.47 Å². The van der Waals surface area contributed by atoms with Gasteiger partial charge in [0.15, 0.2) is 6.04 Å². The third-order valence-corrected chi connectivity index (χ3v) is 8.58. The predicted molar refractivity (Wildman–Crippen MR) is 178 cm³/mol. The highest BCUT2D eigenvalue weighted by Crippen LogP contribution is 2.39. The maximum absolute atomic E-state index is 11.4. The Morgan fingerprint density at radius 3 is 2.29 bits per heavy atom. The van der Waals surface area contributed by atoms with Crippen molar-refractivity contribution in [3.63, 3.8) is 0 Å². The van der Waals surface area contributed by atoms with Crippen molar-refractivity contribution in [1.82, 2.24) is 0 Å². The summed E-state index contributed by atoms with van der Waals surface area (Å²) < 4.78 is 11.7. The highest BCUT2D eigenvalue weighted by Gasteiger charge is 2.23. The van der Waals surface area contributed by atoms with Gasteiger partial charge in [0.25, 0.3) is 0 Å². The van der Waals surface area contributed by atoms with Crippen LogP contribution in [-0.2, 0) is 11.2 Å². The van der Waals surface area contributed by atoms with E-state index in [4.69, 9.17) is 9.47 Å². The average Bonchev–Trinajstić information content (AvgIpc) is 3.00. The topological polar surface area (TPSA) is 47.9 Å². The molecule has 0 bridgehead atoms. The Labute approximate surface area is 255 Å². The molecule has 42 heavy (non-hydrogen) atoms. The van der Waals surface area contributed by atoms with E-state index in [-0.39, 0.29) is 13.2 Å². The lowest BCUT2D eigenvalue weighted by molar-refractivity contribution is 0.169. The van der Waals surface area contributed by atoms with Gasteiger partial charge in [-0.05, 0) is 122 Å². The molecule has 0 radical (unpaired) electrons. The van der Waals surface area contributed by atoms with Crippen LogP contribution in [0.15, 0.2) is 84.3 Å². The van der Waals surface area contributed by atoms with Gasteiger partial charge in [-0.25, -0.2) is 0 Å². The minimum Gasteiger partial charge on any atom is -0.491 e. The molecule has 0 amide bonds. The molecule has 4 heteroatoms. The summed E-state index contributed by atoms with van der Waals surface area (Å²) in [5, 5.41) is 3.20. The predicted octanol–water partition coefficient (Wildman–Crippen LogP) is 10.7. The average molecular weight is 572 g/mol. The molecule has 0 aliphatic heterocycles. The van der Waals surface area contributed by atoms with Gasteiger partial charge in [-0.15, -0.1) is 0 Å². The zero-order valence-electron chi connectivity index (χ0n) is 26.7. The van der Waals surface area contributed by atoms with Crippen LogP contribution in [-0.4, -0.2) is 19.3 Å². The zero-order chi connectivity index (χ0) is 30.3. The number of aryl methyl sites for hydroxylation is 1. The molecule has 1 saturated carbocycles. The van der Waals surface area contributed by atoms with Crippen molar-refractivity contribution >= 4 is 5.57 Å². The lowest BCUT2D eigenvalue weighted by atomic mass is 9.76. The van der Waals surface area contributed by atoms with Gasteiger partial charge in [-0.3, -0.25) is 0 Å². The molecule has 1 aliphatic rings. The molecule has 2 aromatic carbocycles. The number of hydrogen-bond acceptors (Lipinski definition) is 4. The van der Waals surface area contributed by atoms with E-state index in [1.807, 2.05) is 37.3 Å². The van der Waals surface area contributed by atoms with Crippen molar-refractivity contribution < 1.29 is 9.47 Å². The van der Waals surface area contributed by atoms with Crippen LogP contribution >= 0.6 is 0 Å². The second-order valence-electron chi connectivity index (χ2n) is 12.5. The first-order valence-electron chi connectivity index (χ1n) is 16.1. The fourth-order valence-corrected chi connectivity index (χ4v) is 5.67. The Morgan fingerprint density at radius 2 is 1.69 bits per heavy atom. The van der Waals surface area contributed by atoms with Gasteiger partial charge in [0.1, 0.15) is 24.7 Å². The van der Waals surface area contributed by atoms with E-state index in [0.29, 0.717) is 17.8 Å². The smallest absolute Gasteiger partial charge is 0.160 e. The van der Waals surface area contributed by atoms with E-state index in [1.165, 1.54) is 61.6 Å². The van der Waals surface area contributed by atoms with Gasteiger partial charge >= 0.3 is 0 Å². The largest absolute Gasteiger partial charge is 0.491 e. The summed E-state index contributed by atoms with van der Waals surface area (Å²) in [4.78, 5) is 11.4. The summed E-state index contributed by atoms with van der Waals surface area (Å²) in [7, 11) is 0. The SMILES string of the molecule is C=C(CC1CCC(c2ccc(CCC(C)CC)cc2)CC1)c1ccc(OCC(COC(/C=C\C)=C/C(C)C)N=O)cc1. The third kappa shape index (κ3) is 11.3. The van der Waals surface area contributed by atoms with Crippen molar-refractivity contribution in [3.8, 4) is 5.75 Å². The maximum Gasteiger partial charge on any atom is 0.160 e. The van der Waals surface area contributed by atoms with E-state index in [0.717, 1.165) is 29.4 Å². The lowest BCUT2D eigenvalue weighted by Gasteiger charge is -2.29. The number of ether oxygens (including phenoxy) is 2. The summed E-state index contributed by atoms with van der Waals surface area (Å²) in [5.41, 5.74) is 5.33. The standard InChI is InChI=1S/C38H53NO3/c1-7-9-38(24-28(3)4)42-27-36(39-40)26-41-37-22-20-33(21-23-37)30(6)25-32-14-18-35(19-15-32)34-16-12-31(13-17-34)11-10-29(5)8-2/h7,9,12-13,16-17,20-24,28-29,32,35-36H,6,8,10-11,14-15,18-19,25-27H2,1-5H3/b9-7-,38-24+. The molecule has 228 valence electrons. The first-order chi connectivity index (χ1) is 20.3. The first kappa shape index (κ1) is 33.4. The Morgan fingerprint density at radius 1 is 1.00 bits per heavy atom. The number of nitroso groups, excluding NO2 is 1. The summed E-state index contributed by atoms with van der Waals surface area (Å²) in [5.74, 6) is 4.00. The Hall–Kier alpha value is -3.14. The molecule has 2 aromatic rings. The van der Waals surface area contributed by atoms with Crippen molar-refractivity contribution in [2.45, 2.75) is 97.9 Å². The van der Waals surface area contributed by atoms with Crippen LogP contribution in [0.5, 0.6) is 5.75 Å². The molecule has 0 heterocycles. The Bertz CT molecular complexity index is 1140. The summed E-state index contributed by atoms with van der Waals surface area (Å²) in [6.07, 6.45) is 15.6. The molecule has 0 saturated heterocycles. The quantitative estimate of drug-likeness (QED) is 0.108. The van der Waals surface area contributed by atoms with Gasteiger partial charge in [0.05, 0.1) is 0 Å². The van der Waals surface area contributed by atoms with E-state index in [9.17, 15) is 4.91 Å². The minimum atomic E-state index is -0.580. The third-order valence-electron chi connectivity index (χ3n) is 8.58. The lowest BCUT2D eigenvalue weighted by Crippen LogP contribution is -2.21. The molecular formula is C38H53NO3. The Balaban J connectivity index is 1.41. The van der Waals surface area contributed by atoms with Crippen LogP contribution in [0.3, 0.4) is 0 Å². The molecule has 1 fully saturated rings. The molecule has 0 N–H and O–H groups in total. The highest BCUT2D eigenvalue weighted by molar-refractivity contribution is 5.64. The van der Waals surface area contributed by atoms with Crippen molar-refractivity contribution in [1.29, 1.82) is 0 Å². The van der Waals surface area contributed by atoms with Crippen LogP contribution in [0, 0.1) is 22.7 Å². The van der Waals surface area contributed by atoms with E-state index in [1.54, 1.807) is 0 Å². The van der Waals surface area contributed by atoms with Gasteiger partial charge in [-0.1, -0.05) is 88.3 Å². The number of benzene rings is 2. The molecule has 2 unspecified atom stereocenters. The van der Waals surface area contributed by atoms with Gasteiger partial charge in [-0.2, -0.15) is 4.91 Å². The summed E-state index contributed by atoms with van der Waals surface area (Å²) in [6, 6.07) is 16.9. The molecule has 3 rings (SSSR count). The number of rotatable bonds is 17. The normalized spacial score (nSPS) is 19.0. The van der Waals surface area contributed by atoms with E-state index in [2.05, 4.69) is 75.8 Å². The zero-order valence-corrected chi connectivity index (χ0v) is 26.7. The second-order valence-corrected chi connectivity index (χ2v) is 12.5. The molecule has 0 aromatic heterocycles. The summed E-state index contributed by atoms with van der Waals surface area (Å²) in [6.45, 7) is 15.5. The number of hydrogen-bond donors (Lipinski definition) is 0. The van der Waals surface area contributed by atoms with Crippen LogP contribution in [0.1, 0.15) is 102 Å². The number of allylic oxidation sites excluding steroid dienone is 4. The summed E-state index contributed by atoms with van der Waals surface area (Å²) >= 11 is 0. The first-order valence-corrected chi connectivity index (χ1v) is 16.1. The Kier molecular flexibility index (Phi) is 14.1. The van der Waals surface area contributed by atoms with Gasteiger partial charge in [0, 0.05) is 0 Å².